The number of esters is 1. The van der Waals surface area contributed by atoms with E-state index in [-0.39, 0.29) is 18.0 Å². The normalized spacial score (nSPS) is 26.7. The van der Waals surface area contributed by atoms with E-state index in [0.29, 0.717) is 18.3 Å². The highest BCUT2D eigenvalue weighted by atomic mass is 32.2. The van der Waals surface area contributed by atoms with E-state index in [1.807, 2.05) is 24.8 Å². The van der Waals surface area contributed by atoms with Gasteiger partial charge in [0.2, 0.25) is 0 Å². The molecule has 1 saturated carbocycles. The van der Waals surface area contributed by atoms with Crippen molar-refractivity contribution in [3.63, 3.8) is 0 Å². The van der Waals surface area contributed by atoms with Crippen molar-refractivity contribution in [2.45, 2.75) is 96.2 Å². The van der Waals surface area contributed by atoms with Gasteiger partial charge in [-0.15, -0.1) is 0 Å². The Balaban J connectivity index is 2.58. The first-order chi connectivity index (χ1) is 13.8. The number of hydrogen-bond acceptors (Lipinski definition) is 5. The van der Waals surface area contributed by atoms with Crippen molar-refractivity contribution in [1.29, 1.82) is 0 Å². The van der Waals surface area contributed by atoms with E-state index in [0.717, 1.165) is 70.0 Å². The zero-order valence-electron chi connectivity index (χ0n) is 19.1. The number of unbranched alkanes of at least 4 members (excludes halogenated alkanes) is 5. The SMILES string of the molecule is CCCCCC(C)(O)C=C[C@H]1[C@H](CSC)C[C@@H](O)[C@@H]1CCCCCCC(=O)OC. The number of aliphatic hydroxyl groups is 2. The van der Waals surface area contributed by atoms with Gasteiger partial charge < -0.3 is 14.9 Å². The standard InChI is InChI=1S/C24H44O4S/c1-5-6-11-15-24(2,27)16-14-20-19(18-29-4)17-22(25)21(20)12-9-7-8-10-13-23(26)28-3/h14,16,19-22,25,27H,5-13,15,17-18H2,1-4H3/t19-,20-,21+,22+,24?/m0/s1. The second-order valence-corrected chi connectivity index (χ2v) is 9.87. The van der Waals surface area contributed by atoms with Crippen molar-refractivity contribution in [2.24, 2.45) is 17.8 Å². The van der Waals surface area contributed by atoms with E-state index < -0.39 is 5.60 Å². The highest BCUT2D eigenvalue weighted by Gasteiger charge is 2.40. The van der Waals surface area contributed by atoms with Crippen LogP contribution in [0.1, 0.15) is 84.5 Å². The van der Waals surface area contributed by atoms with Crippen LogP contribution in [0.3, 0.4) is 0 Å². The molecule has 1 unspecified atom stereocenters. The Morgan fingerprint density at radius 3 is 2.59 bits per heavy atom. The first kappa shape index (κ1) is 26.5. The summed E-state index contributed by atoms with van der Waals surface area (Å²) in [6, 6.07) is 0. The molecule has 0 aliphatic heterocycles. The lowest BCUT2D eigenvalue weighted by molar-refractivity contribution is -0.140. The maximum Gasteiger partial charge on any atom is 0.305 e. The van der Waals surface area contributed by atoms with Gasteiger partial charge in [-0.3, -0.25) is 4.79 Å². The number of allylic oxidation sites excluding steroid dienone is 1. The van der Waals surface area contributed by atoms with Gasteiger partial charge in [-0.2, -0.15) is 11.8 Å². The average Bonchev–Trinajstić information content (AvgIpc) is 2.97. The average molecular weight is 429 g/mol. The lowest BCUT2D eigenvalue weighted by atomic mass is 9.84. The minimum atomic E-state index is -0.759. The molecule has 1 rings (SSSR count). The van der Waals surface area contributed by atoms with Gasteiger partial charge in [0.25, 0.3) is 0 Å². The van der Waals surface area contributed by atoms with Gasteiger partial charge in [0, 0.05) is 6.42 Å². The van der Waals surface area contributed by atoms with Crippen molar-refractivity contribution in [3.8, 4) is 0 Å². The molecular formula is C24H44O4S. The quantitative estimate of drug-likeness (QED) is 0.209. The Kier molecular flexibility index (Phi) is 13.2. The predicted octanol–water partition coefficient (Wildman–Crippen LogP) is 5.36. The zero-order valence-corrected chi connectivity index (χ0v) is 19.9. The third kappa shape index (κ3) is 10.4. The topological polar surface area (TPSA) is 66.8 Å². The molecule has 5 heteroatoms. The second kappa shape index (κ2) is 14.5. The maximum atomic E-state index is 11.2. The van der Waals surface area contributed by atoms with Crippen molar-refractivity contribution in [2.75, 3.05) is 19.1 Å². The number of thioether (sulfide) groups is 1. The third-order valence-electron chi connectivity index (χ3n) is 6.32. The number of aliphatic hydroxyl groups excluding tert-OH is 1. The molecule has 0 saturated heterocycles. The van der Waals surface area contributed by atoms with Gasteiger partial charge in [0.15, 0.2) is 0 Å². The molecule has 0 aromatic carbocycles. The fourth-order valence-corrected chi connectivity index (χ4v) is 5.35. The largest absolute Gasteiger partial charge is 0.469 e. The van der Waals surface area contributed by atoms with E-state index in [9.17, 15) is 15.0 Å². The summed E-state index contributed by atoms with van der Waals surface area (Å²) in [5, 5.41) is 21.4. The molecule has 2 N–H and O–H groups in total. The summed E-state index contributed by atoms with van der Waals surface area (Å²) in [7, 11) is 1.43. The molecule has 0 amide bonds. The van der Waals surface area contributed by atoms with Crippen molar-refractivity contribution in [3.05, 3.63) is 12.2 Å². The predicted molar refractivity (Wildman–Crippen MR) is 123 cm³/mol. The van der Waals surface area contributed by atoms with Gasteiger partial charge >= 0.3 is 5.97 Å². The van der Waals surface area contributed by atoms with Crippen LogP contribution in [0.5, 0.6) is 0 Å². The molecule has 170 valence electrons. The first-order valence-electron chi connectivity index (χ1n) is 11.5. The molecule has 5 atom stereocenters. The summed E-state index contributed by atoms with van der Waals surface area (Å²) in [4.78, 5) is 11.2. The molecule has 1 fully saturated rings. The van der Waals surface area contributed by atoms with Crippen LogP contribution in [-0.2, 0) is 9.53 Å². The summed E-state index contributed by atoms with van der Waals surface area (Å²) in [6.45, 7) is 4.09. The highest BCUT2D eigenvalue weighted by Crippen LogP contribution is 2.43. The first-order valence-corrected chi connectivity index (χ1v) is 12.9. The summed E-state index contributed by atoms with van der Waals surface area (Å²) < 4.78 is 4.68. The molecule has 0 radical (unpaired) electrons. The Morgan fingerprint density at radius 2 is 1.93 bits per heavy atom. The fourth-order valence-electron chi connectivity index (χ4n) is 4.57. The number of carbonyl (C=O) groups excluding carboxylic acids is 1. The van der Waals surface area contributed by atoms with E-state index >= 15 is 0 Å². The second-order valence-electron chi connectivity index (χ2n) is 8.96. The van der Waals surface area contributed by atoms with E-state index in [4.69, 9.17) is 0 Å². The minimum absolute atomic E-state index is 0.132. The number of ether oxygens (including phenoxy) is 1. The molecule has 0 aromatic rings. The zero-order chi connectivity index (χ0) is 21.7. The molecule has 1 aliphatic rings. The summed E-state index contributed by atoms with van der Waals surface area (Å²) >= 11 is 1.85. The lowest BCUT2D eigenvalue weighted by Crippen LogP contribution is -2.24. The monoisotopic (exact) mass is 428 g/mol. The highest BCUT2D eigenvalue weighted by molar-refractivity contribution is 7.98. The van der Waals surface area contributed by atoms with Crippen LogP contribution in [-0.4, -0.2) is 47.0 Å². The fraction of sp³-hybridized carbons (Fsp3) is 0.875. The smallest absolute Gasteiger partial charge is 0.305 e. The van der Waals surface area contributed by atoms with E-state index in [2.05, 4.69) is 24.0 Å². The summed E-state index contributed by atoms with van der Waals surface area (Å²) in [5.74, 6) is 2.01. The maximum absolute atomic E-state index is 11.2. The molecule has 29 heavy (non-hydrogen) atoms. The van der Waals surface area contributed by atoms with Gasteiger partial charge in [0.1, 0.15) is 0 Å². The van der Waals surface area contributed by atoms with Crippen molar-refractivity contribution in [1.82, 2.24) is 0 Å². The number of carbonyl (C=O) groups is 1. The van der Waals surface area contributed by atoms with Gasteiger partial charge in [-0.25, -0.2) is 0 Å². The Bertz CT molecular complexity index is 478. The molecule has 0 bridgehead atoms. The number of rotatable bonds is 15. The summed E-state index contributed by atoms with van der Waals surface area (Å²) in [5.41, 5.74) is -0.759. The van der Waals surface area contributed by atoms with Crippen LogP contribution >= 0.6 is 11.8 Å². The van der Waals surface area contributed by atoms with E-state index in [1.165, 1.54) is 7.11 Å². The Hall–Kier alpha value is -0.520. The van der Waals surface area contributed by atoms with Crippen LogP contribution in [0, 0.1) is 17.8 Å². The van der Waals surface area contributed by atoms with Crippen LogP contribution in [0.15, 0.2) is 12.2 Å². The molecule has 0 heterocycles. The van der Waals surface area contributed by atoms with Crippen molar-refractivity contribution >= 4 is 17.7 Å². The lowest BCUT2D eigenvalue weighted by Gasteiger charge is -2.25. The Morgan fingerprint density at radius 1 is 1.21 bits per heavy atom. The number of methoxy groups -OCH3 is 1. The Labute approximate surface area is 182 Å². The van der Waals surface area contributed by atoms with Crippen LogP contribution in [0.2, 0.25) is 0 Å². The molecular weight excluding hydrogens is 384 g/mol. The molecule has 0 spiro atoms. The van der Waals surface area contributed by atoms with Gasteiger partial charge in [0.05, 0.1) is 18.8 Å². The van der Waals surface area contributed by atoms with Crippen LogP contribution in [0.25, 0.3) is 0 Å². The summed E-state index contributed by atoms with van der Waals surface area (Å²) in [6.07, 6.45) is 16.7. The number of hydrogen-bond donors (Lipinski definition) is 2. The van der Waals surface area contributed by atoms with Gasteiger partial charge in [-0.1, -0.05) is 57.6 Å². The van der Waals surface area contributed by atoms with Crippen molar-refractivity contribution < 1.29 is 19.7 Å². The molecule has 1 aliphatic carbocycles. The van der Waals surface area contributed by atoms with Crippen LogP contribution in [0.4, 0.5) is 0 Å². The van der Waals surface area contributed by atoms with Crippen LogP contribution < -0.4 is 0 Å². The van der Waals surface area contributed by atoms with Gasteiger partial charge in [-0.05, 0) is 62.4 Å². The third-order valence-corrected chi connectivity index (χ3v) is 7.08. The molecule has 0 aromatic heterocycles. The van der Waals surface area contributed by atoms with E-state index in [1.54, 1.807) is 0 Å². The minimum Gasteiger partial charge on any atom is -0.469 e. The molecule has 4 nitrogen and oxygen atoms in total.